The normalized spacial score (nSPS) is 11.0. The molecule has 0 amide bonds. The van der Waals surface area contributed by atoms with Crippen LogP contribution in [0, 0.1) is 0 Å². The molecular weight excluding hydrogens is 352 g/mol. The Morgan fingerprint density at radius 3 is 1.26 bits per heavy atom. The van der Waals surface area contributed by atoms with Gasteiger partial charge in [-0.25, -0.2) is 9.59 Å². The van der Waals surface area contributed by atoms with Gasteiger partial charge in [-0.3, -0.25) is 14.4 Å². The van der Waals surface area contributed by atoms with E-state index in [4.69, 9.17) is 35.7 Å². The first-order valence-corrected chi connectivity index (χ1v) is 5.34. The first-order chi connectivity index (χ1) is 9.81. The molecule has 7 N–H and O–H groups in total. The Morgan fingerprint density at radius 2 is 1.13 bits per heavy atom. The summed E-state index contributed by atoms with van der Waals surface area (Å²) in [5, 5.41) is 58.0. The van der Waals surface area contributed by atoms with Gasteiger partial charge in [0, 0.05) is 0 Å². The van der Waals surface area contributed by atoms with Gasteiger partial charge in [0.1, 0.15) is 0 Å². The van der Waals surface area contributed by atoms with Crippen molar-refractivity contribution in [3.8, 4) is 0 Å². The predicted molar refractivity (Wildman–Crippen MR) is 68.7 cm³/mol. The molecule has 0 saturated carbocycles. The zero-order valence-electron chi connectivity index (χ0n) is 11.6. The monoisotopic (exact) mass is 366 g/mol. The number of hydrogen-bond acceptors (Lipinski definition) is 7. The molecule has 0 aliphatic carbocycles. The second-order valence-electron chi connectivity index (χ2n) is 3.93. The number of aliphatic carboxylic acids is 5. The predicted octanol–water partition coefficient (Wildman–Crippen LogP) is -2.72. The SMILES string of the molecule is O=C(O)CC(O)(CC(=O)O)C(=O)O.O=C(O)CC(O)C(=O)O.[Ca+2]. The van der Waals surface area contributed by atoms with E-state index in [1.165, 1.54) is 0 Å². The van der Waals surface area contributed by atoms with E-state index in [1.54, 1.807) is 0 Å². The fourth-order valence-corrected chi connectivity index (χ4v) is 0.967. The summed E-state index contributed by atoms with van der Waals surface area (Å²) < 4.78 is 0. The van der Waals surface area contributed by atoms with Crippen LogP contribution in [0.3, 0.4) is 0 Å². The average Bonchev–Trinajstić information content (AvgIpc) is 2.25. The molecule has 13 heteroatoms. The van der Waals surface area contributed by atoms with Crippen molar-refractivity contribution in [1.29, 1.82) is 0 Å². The molecule has 0 aliphatic heterocycles. The van der Waals surface area contributed by atoms with Gasteiger partial charge in [-0.15, -0.1) is 0 Å². The zero-order valence-corrected chi connectivity index (χ0v) is 13.8. The Labute approximate surface area is 158 Å². The third kappa shape index (κ3) is 13.9. The van der Waals surface area contributed by atoms with E-state index in [0.717, 1.165) is 0 Å². The van der Waals surface area contributed by atoms with Gasteiger partial charge >= 0.3 is 67.6 Å². The molecule has 23 heavy (non-hydrogen) atoms. The van der Waals surface area contributed by atoms with Gasteiger partial charge in [-0.1, -0.05) is 0 Å². The molecular formula is C10H14CaO12+2. The summed E-state index contributed by atoms with van der Waals surface area (Å²) in [7, 11) is 0. The molecule has 0 aromatic carbocycles. The Balaban J connectivity index is -0.000000354. The number of carboxylic acid groups (broad SMARTS) is 5. The van der Waals surface area contributed by atoms with E-state index < -0.39 is 60.8 Å². The topological polar surface area (TPSA) is 227 Å². The first kappa shape index (κ1) is 26.4. The number of aliphatic hydroxyl groups is 2. The molecule has 0 heterocycles. The van der Waals surface area contributed by atoms with Crippen LogP contribution in [0.4, 0.5) is 0 Å². The number of rotatable bonds is 8. The summed E-state index contributed by atoms with van der Waals surface area (Å²) in [5.41, 5.74) is -2.74. The largest absolute Gasteiger partial charge is 2.00 e. The molecule has 0 spiro atoms. The summed E-state index contributed by atoms with van der Waals surface area (Å²) in [4.78, 5) is 49.9. The molecule has 0 aliphatic rings. The summed E-state index contributed by atoms with van der Waals surface area (Å²) in [6.07, 6.45) is -4.83. The third-order valence-corrected chi connectivity index (χ3v) is 1.94. The maximum absolute atomic E-state index is 10.3. The van der Waals surface area contributed by atoms with Crippen molar-refractivity contribution >= 4 is 67.6 Å². The van der Waals surface area contributed by atoms with Crippen molar-refractivity contribution in [2.75, 3.05) is 0 Å². The first-order valence-electron chi connectivity index (χ1n) is 5.34. The molecule has 0 aromatic heterocycles. The smallest absolute Gasteiger partial charge is 0.481 e. The number of aliphatic hydroxyl groups excluding tert-OH is 1. The number of carbonyl (C=O) groups is 5. The fourth-order valence-electron chi connectivity index (χ4n) is 0.967. The van der Waals surface area contributed by atoms with E-state index in [9.17, 15) is 24.0 Å². The Morgan fingerprint density at radius 1 is 0.783 bits per heavy atom. The minimum absolute atomic E-state index is 0. The average molecular weight is 366 g/mol. The molecule has 1 unspecified atom stereocenters. The van der Waals surface area contributed by atoms with Crippen LogP contribution in [-0.2, 0) is 24.0 Å². The van der Waals surface area contributed by atoms with Gasteiger partial charge in [0.25, 0.3) is 0 Å². The minimum atomic E-state index is -2.74. The van der Waals surface area contributed by atoms with Gasteiger partial charge in [-0.05, 0) is 0 Å². The summed E-state index contributed by atoms with van der Waals surface area (Å²) in [6, 6.07) is 0. The van der Waals surface area contributed by atoms with Crippen LogP contribution in [0.15, 0.2) is 0 Å². The van der Waals surface area contributed by atoms with Crippen LogP contribution in [-0.4, -0.2) is 115 Å². The second-order valence-corrected chi connectivity index (χ2v) is 3.93. The maximum Gasteiger partial charge on any atom is 2.00 e. The molecule has 0 rings (SSSR count). The second kappa shape index (κ2) is 12.0. The number of carboxylic acids is 5. The minimum Gasteiger partial charge on any atom is -0.481 e. The molecule has 0 aromatic rings. The van der Waals surface area contributed by atoms with Crippen molar-refractivity contribution in [2.24, 2.45) is 0 Å². The van der Waals surface area contributed by atoms with E-state index >= 15 is 0 Å². The fraction of sp³-hybridized carbons (Fsp3) is 0.500. The Bertz CT molecular complexity index is 443. The molecule has 12 nitrogen and oxygen atoms in total. The maximum atomic E-state index is 10.3. The summed E-state index contributed by atoms with van der Waals surface area (Å²) in [5.74, 6) is -7.86. The van der Waals surface area contributed by atoms with E-state index in [0.29, 0.717) is 0 Å². The number of hydrogen-bond donors (Lipinski definition) is 7. The Kier molecular flexibility index (Phi) is 13.8. The van der Waals surface area contributed by atoms with E-state index in [2.05, 4.69) is 0 Å². The van der Waals surface area contributed by atoms with E-state index in [-0.39, 0.29) is 37.7 Å². The van der Waals surface area contributed by atoms with Gasteiger partial charge < -0.3 is 35.7 Å². The zero-order chi connectivity index (χ0) is 18.1. The molecule has 1 atom stereocenters. The van der Waals surface area contributed by atoms with Crippen LogP contribution in [0.5, 0.6) is 0 Å². The van der Waals surface area contributed by atoms with E-state index in [1.807, 2.05) is 0 Å². The summed E-state index contributed by atoms with van der Waals surface area (Å²) in [6.45, 7) is 0. The molecule has 0 radical (unpaired) electrons. The molecule has 0 bridgehead atoms. The molecule has 0 saturated heterocycles. The van der Waals surface area contributed by atoms with Gasteiger partial charge in [0.2, 0.25) is 0 Å². The standard InChI is InChI=1S/C6H8O7.C4H6O5.Ca/c7-3(8)1-6(13,5(11)12)2-4(9)10;5-2(4(8)9)1-3(6)7;/h13H,1-2H2,(H,7,8)(H,9,10)(H,11,12);2,5H,1H2,(H,6,7)(H,8,9);/q;;+2. The van der Waals surface area contributed by atoms with Gasteiger partial charge in [0.05, 0.1) is 19.3 Å². The summed E-state index contributed by atoms with van der Waals surface area (Å²) >= 11 is 0. The van der Waals surface area contributed by atoms with Crippen LogP contribution < -0.4 is 0 Å². The van der Waals surface area contributed by atoms with Crippen LogP contribution in [0.2, 0.25) is 0 Å². The van der Waals surface area contributed by atoms with Gasteiger partial charge in [0.15, 0.2) is 11.7 Å². The van der Waals surface area contributed by atoms with Gasteiger partial charge in [-0.2, -0.15) is 0 Å². The van der Waals surface area contributed by atoms with Crippen molar-refractivity contribution < 1.29 is 59.7 Å². The van der Waals surface area contributed by atoms with Crippen LogP contribution in [0.25, 0.3) is 0 Å². The quantitative estimate of drug-likeness (QED) is 0.217. The molecule has 126 valence electrons. The van der Waals surface area contributed by atoms with Crippen LogP contribution in [0.1, 0.15) is 19.3 Å². The Hall–Kier alpha value is -1.47. The van der Waals surface area contributed by atoms with Crippen LogP contribution >= 0.6 is 0 Å². The van der Waals surface area contributed by atoms with Crippen molar-refractivity contribution in [1.82, 2.24) is 0 Å². The molecule has 0 fully saturated rings. The third-order valence-electron chi connectivity index (χ3n) is 1.94. The van der Waals surface area contributed by atoms with Crippen molar-refractivity contribution in [2.45, 2.75) is 31.0 Å². The van der Waals surface area contributed by atoms with Crippen molar-refractivity contribution in [3.05, 3.63) is 0 Å². The van der Waals surface area contributed by atoms with Crippen molar-refractivity contribution in [3.63, 3.8) is 0 Å².